The van der Waals surface area contributed by atoms with Crippen LogP contribution < -0.4 is 0 Å². The van der Waals surface area contributed by atoms with Crippen LogP contribution in [0.25, 0.3) is 0 Å². The molecule has 0 aromatic carbocycles. The van der Waals surface area contributed by atoms with Crippen molar-refractivity contribution >= 4 is 23.5 Å². The summed E-state index contributed by atoms with van der Waals surface area (Å²) in [7, 11) is 0. The van der Waals surface area contributed by atoms with Crippen molar-refractivity contribution in [2.24, 2.45) is 0 Å². The van der Waals surface area contributed by atoms with E-state index >= 15 is 0 Å². The van der Waals surface area contributed by atoms with Crippen LogP contribution in [0.2, 0.25) is 0 Å². The van der Waals surface area contributed by atoms with E-state index in [2.05, 4.69) is 0 Å². The van der Waals surface area contributed by atoms with Crippen molar-refractivity contribution in [1.29, 1.82) is 0 Å². The van der Waals surface area contributed by atoms with Crippen LogP contribution in [0.1, 0.15) is 25.7 Å². The van der Waals surface area contributed by atoms with Crippen LogP contribution in [0, 0.1) is 0 Å². The summed E-state index contributed by atoms with van der Waals surface area (Å²) in [5.41, 5.74) is 0. The van der Waals surface area contributed by atoms with Gasteiger partial charge in [0.05, 0.1) is 25.4 Å². The molecule has 0 fully saturated rings. The van der Waals surface area contributed by atoms with Gasteiger partial charge in [-0.3, -0.25) is 0 Å². The first-order chi connectivity index (χ1) is 8.70. The van der Waals surface area contributed by atoms with Crippen molar-refractivity contribution in [3.63, 3.8) is 0 Å². The van der Waals surface area contributed by atoms with Crippen molar-refractivity contribution in [3.05, 3.63) is 0 Å². The van der Waals surface area contributed by atoms with Gasteiger partial charge in [-0.25, -0.2) is 0 Å². The van der Waals surface area contributed by atoms with Gasteiger partial charge in [0, 0.05) is 23.0 Å². The minimum absolute atomic E-state index is 0.162. The number of hydrogen-bond acceptors (Lipinski definition) is 6. The van der Waals surface area contributed by atoms with Crippen LogP contribution in [0.5, 0.6) is 0 Å². The van der Waals surface area contributed by atoms with E-state index < -0.39 is 0 Å². The van der Waals surface area contributed by atoms with Gasteiger partial charge >= 0.3 is 0 Å². The zero-order chi connectivity index (χ0) is 13.6. The highest BCUT2D eigenvalue weighted by atomic mass is 32.2. The van der Waals surface area contributed by atoms with Gasteiger partial charge in [0.2, 0.25) is 0 Å². The summed E-state index contributed by atoms with van der Waals surface area (Å²) in [6, 6.07) is 0. The van der Waals surface area contributed by atoms with Crippen LogP contribution in [0.15, 0.2) is 0 Å². The van der Waals surface area contributed by atoms with Crippen LogP contribution in [0.4, 0.5) is 0 Å². The Kier molecular flexibility index (Phi) is 14.4. The second kappa shape index (κ2) is 14.0. The number of thioether (sulfide) groups is 2. The molecule has 4 nitrogen and oxygen atoms in total. The molecule has 0 radical (unpaired) electrons. The molecule has 0 heterocycles. The highest BCUT2D eigenvalue weighted by Crippen LogP contribution is 2.12. The zero-order valence-electron chi connectivity index (χ0n) is 10.8. The Morgan fingerprint density at radius 3 is 1.44 bits per heavy atom. The van der Waals surface area contributed by atoms with Gasteiger partial charge in [-0.2, -0.15) is 23.5 Å². The molecule has 0 amide bonds. The van der Waals surface area contributed by atoms with Gasteiger partial charge in [-0.05, 0) is 12.8 Å². The topological polar surface area (TPSA) is 80.9 Å². The molecule has 110 valence electrons. The second-order valence-corrected chi connectivity index (χ2v) is 6.49. The van der Waals surface area contributed by atoms with E-state index in [0.717, 1.165) is 25.7 Å². The number of aliphatic hydroxyl groups excluding tert-OH is 4. The summed E-state index contributed by atoms with van der Waals surface area (Å²) >= 11 is 3.13. The van der Waals surface area contributed by atoms with Gasteiger partial charge in [-0.15, -0.1) is 0 Å². The molecule has 2 unspecified atom stereocenters. The first-order valence-electron chi connectivity index (χ1n) is 6.44. The minimum Gasteiger partial charge on any atom is -0.396 e. The molecule has 0 aromatic rings. The first kappa shape index (κ1) is 18.5. The van der Waals surface area contributed by atoms with Gasteiger partial charge in [0.15, 0.2) is 0 Å². The van der Waals surface area contributed by atoms with Crippen molar-refractivity contribution in [3.8, 4) is 0 Å². The van der Waals surface area contributed by atoms with E-state index in [9.17, 15) is 10.2 Å². The lowest BCUT2D eigenvalue weighted by Gasteiger charge is -2.12. The monoisotopic (exact) mass is 298 g/mol. The molecule has 4 N–H and O–H groups in total. The summed E-state index contributed by atoms with van der Waals surface area (Å²) in [6.07, 6.45) is 2.75. The van der Waals surface area contributed by atoms with Crippen molar-refractivity contribution in [1.82, 2.24) is 0 Å². The maximum absolute atomic E-state index is 9.62. The molecule has 0 bridgehead atoms. The number of unbranched alkanes of at least 4 members (excludes halogenated alkanes) is 1. The fourth-order valence-electron chi connectivity index (χ4n) is 1.49. The van der Waals surface area contributed by atoms with E-state index in [1.54, 1.807) is 23.5 Å². The summed E-state index contributed by atoms with van der Waals surface area (Å²) in [5, 5.41) is 36.4. The van der Waals surface area contributed by atoms with E-state index in [-0.39, 0.29) is 25.4 Å². The van der Waals surface area contributed by atoms with Crippen molar-refractivity contribution in [2.75, 3.05) is 36.2 Å². The smallest absolute Gasteiger partial charge is 0.0630 e. The Morgan fingerprint density at radius 1 is 0.722 bits per heavy atom. The average molecular weight is 298 g/mol. The largest absolute Gasteiger partial charge is 0.396 e. The van der Waals surface area contributed by atoms with Crippen LogP contribution in [-0.2, 0) is 0 Å². The van der Waals surface area contributed by atoms with E-state index in [1.807, 2.05) is 0 Å². The van der Waals surface area contributed by atoms with Gasteiger partial charge in [0.25, 0.3) is 0 Å². The van der Waals surface area contributed by atoms with Gasteiger partial charge in [0.1, 0.15) is 0 Å². The molecule has 0 saturated carbocycles. The molecule has 6 heteroatoms. The van der Waals surface area contributed by atoms with Crippen molar-refractivity contribution in [2.45, 2.75) is 37.9 Å². The van der Waals surface area contributed by atoms with E-state index in [0.29, 0.717) is 23.0 Å². The summed E-state index contributed by atoms with van der Waals surface area (Å²) in [6.45, 7) is 0.324. The van der Waals surface area contributed by atoms with Crippen LogP contribution in [0.3, 0.4) is 0 Å². The standard InChI is InChI=1S/C12H26O4S2/c13-5-7-17-9-11(15)3-1-2-4-12(16)10-18-8-6-14/h11-16H,1-10H2. The van der Waals surface area contributed by atoms with Gasteiger partial charge in [-0.1, -0.05) is 12.8 Å². The SMILES string of the molecule is OCCSCC(O)CCCCC(O)CSCCO. The molecule has 2 atom stereocenters. The average Bonchev–Trinajstić information content (AvgIpc) is 2.35. The maximum Gasteiger partial charge on any atom is 0.0630 e. The number of aliphatic hydroxyl groups is 4. The quantitative estimate of drug-likeness (QED) is 0.375. The second-order valence-electron chi connectivity index (χ2n) is 4.19. The third-order valence-electron chi connectivity index (χ3n) is 2.42. The molecule has 18 heavy (non-hydrogen) atoms. The summed E-state index contributed by atoms with van der Waals surface area (Å²) in [4.78, 5) is 0. The lowest BCUT2D eigenvalue weighted by Crippen LogP contribution is -2.13. The Hall–Kier alpha value is 0.540. The molecule has 0 rings (SSSR count). The summed E-state index contributed by atoms with van der Waals surface area (Å²) < 4.78 is 0. The first-order valence-corrected chi connectivity index (χ1v) is 8.75. The molecule has 0 aliphatic rings. The molecule has 0 aliphatic carbocycles. The molecular formula is C12H26O4S2. The Morgan fingerprint density at radius 2 is 1.11 bits per heavy atom. The Labute approximate surface area is 118 Å². The Balaban J connectivity index is 3.27. The maximum atomic E-state index is 9.62. The number of rotatable bonds is 13. The molecule has 0 aliphatic heterocycles. The van der Waals surface area contributed by atoms with E-state index in [1.165, 1.54) is 0 Å². The van der Waals surface area contributed by atoms with Crippen LogP contribution in [-0.4, -0.2) is 68.9 Å². The third-order valence-corrected chi connectivity index (χ3v) is 4.60. The van der Waals surface area contributed by atoms with Gasteiger partial charge < -0.3 is 20.4 Å². The Bertz CT molecular complexity index is 154. The molecule has 0 aromatic heterocycles. The predicted octanol–water partition coefficient (Wildman–Crippen LogP) is 0.720. The van der Waals surface area contributed by atoms with Crippen LogP contribution >= 0.6 is 23.5 Å². The van der Waals surface area contributed by atoms with E-state index in [4.69, 9.17) is 10.2 Å². The number of hydrogen-bond donors (Lipinski definition) is 4. The normalized spacial score (nSPS) is 14.7. The van der Waals surface area contributed by atoms with Crippen molar-refractivity contribution < 1.29 is 20.4 Å². The molecule has 0 spiro atoms. The zero-order valence-corrected chi connectivity index (χ0v) is 12.5. The summed E-state index contributed by atoms with van der Waals surface area (Å²) in [5.74, 6) is 2.71. The highest BCUT2D eigenvalue weighted by Gasteiger charge is 2.06. The fraction of sp³-hybridized carbons (Fsp3) is 1.00. The third kappa shape index (κ3) is 13.0. The lowest BCUT2D eigenvalue weighted by molar-refractivity contribution is 0.168. The minimum atomic E-state index is -0.303. The molecular weight excluding hydrogens is 272 g/mol. The predicted molar refractivity (Wildman–Crippen MR) is 79.3 cm³/mol. The lowest BCUT2D eigenvalue weighted by atomic mass is 10.1. The fourth-order valence-corrected chi connectivity index (χ4v) is 2.96. The molecule has 0 saturated heterocycles. The highest BCUT2D eigenvalue weighted by molar-refractivity contribution is 7.99.